The predicted molar refractivity (Wildman–Crippen MR) is 49.0 cm³/mol. The van der Waals surface area contributed by atoms with E-state index in [-0.39, 0.29) is 17.9 Å². The van der Waals surface area contributed by atoms with Gasteiger partial charge in [-0.05, 0) is 17.7 Å². The number of carbonyl (C=O) groups is 1. The highest BCUT2D eigenvalue weighted by Crippen LogP contribution is 2.27. The summed E-state index contributed by atoms with van der Waals surface area (Å²) in [5.41, 5.74) is 6.13. The molecule has 1 atom stereocenters. The van der Waals surface area contributed by atoms with Gasteiger partial charge in [0.05, 0.1) is 6.42 Å². The Morgan fingerprint density at radius 3 is 2.79 bits per heavy atom. The summed E-state index contributed by atoms with van der Waals surface area (Å²) >= 11 is 0. The lowest BCUT2D eigenvalue weighted by molar-refractivity contribution is -0.137. The summed E-state index contributed by atoms with van der Waals surface area (Å²) < 4.78 is 13.4. The van der Waals surface area contributed by atoms with Crippen LogP contribution in [0, 0.1) is 0 Å². The molecule has 0 spiro atoms. The van der Waals surface area contributed by atoms with Crippen molar-refractivity contribution in [2.45, 2.75) is 12.5 Å². The third kappa shape index (κ3) is 2.37. The molecule has 5 nitrogen and oxygen atoms in total. The fourth-order valence-electron chi connectivity index (χ4n) is 1.06. The van der Waals surface area contributed by atoms with E-state index in [4.69, 9.17) is 13.7 Å². The monoisotopic (exact) mass is 199 g/mol. The van der Waals surface area contributed by atoms with Gasteiger partial charge >= 0.3 is 5.97 Å². The van der Waals surface area contributed by atoms with E-state index in [1.165, 1.54) is 18.2 Å². The Bertz CT molecular complexity index is 386. The Morgan fingerprint density at radius 2 is 2.21 bits per heavy atom. The molecule has 0 aliphatic carbocycles. The van der Waals surface area contributed by atoms with Crippen LogP contribution in [-0.4, -0.2) is 24.2 Å². The summed E-state index contributed by atoms with van der Waals surface area (Å²) in [6.07, 6.45) is -0.224. The maximum atomic E-state index is 10.5. The minimum atomic E-state index is -1.01. The maximum absolute atomic E-state index is 10.5. The van der Waals surface area contributed by atoms with Crippen molar-refractivity contribution < 1.29 is 20.1 Å². The van der Waals surface area contributed by atoms with Gasteiger partial charge in [0.15, 0.2) is 11.5 Å². The quantitative estimate of drug-likeness (QED) is 0.519. The van der Waals surface area contributed by atoms with Crippen LogP contribution in [0.15, 0.2) is 18.2 Å². The van der Waals surface area contributed by atoms with Gasteiger partial charge in [-0.15, -0.1) is 0 Å². The summed E-state index contributed by atoms with van der Waals surface area (Å²) in [5.74, 6) is -0.920. The number of phenols is 2. The lowest BCUT2D eigenvalue weighted by atomic mass is 10.0. The molecule has 0 aliphatic heterocycles. The number of hydrogen-bond acceptors (Lipinski definition) is 4. The third-order valence-electron chi connectivity index (χ3n) is 1.79. The zero-order valence-electron chi connectivity index (χ0n) is 9.27. The SMILES string of the molecule is [2H]Oc1ccc([C@H](N)CC(=O)O)cc1O[2H]. The van der Waals surface area contributed by atoms with Crippen LogP contribution in [0.25, 0.3) is 0 Å². The van der Waals surface area contributed by atoms with Crippen LogP contribution in [0.2, 0.25) is 0 Å². The smallest absolute Gasteiger partial charge is 0.305 e. The van der Waals surface area contributed by atoms with Crippen molar-refractivity contribution in [2.75, 3.05) is 0 Å². The maximum Gasteiger partial charge on any atom is 0.305 e. The number of benzene rings is 1. The van der Waals surface area contributed by atoms with Crippen molar-refractivity contribution >= 4 is 5.97 Å². The first-order valence-corrected chi connectivity index (χ1v) is 3.96. The van der Waals surface area contributed by atoms with Crippen LogP contribution < -0.4 is 5.73 Å². The van der Waals surface area contributed by atoms with Gasteiger partial charge in [0.2, 0.25) is 0 Å². The zero-order valence-corrected chi connectivity index (χ0v) is 7.27. The van der Waals surface area contributed by atoms with E-state index in [1.807, 2.05) is 0 Å². The van der Waals surface area contributed by atoms with Crippen molar-refractivity contribution in [3.8, 4) is 11.5 Å². The van der Waals surface area contributed by atoms with Crippen LogP contribution >= 0.6 is 0 Å². The van der Waals surface area contributed by atoms with Crippen LogP contribution in [0.3, 0.4) is 0 Å². The molecule has 5 N–H and O–H groups in total. The van der Waals surface area contributed by atoms with Gasteiger partial charge in [-0.1, -0.05) is 6.07 Å². The fourth-order valence-corrected chi connectivity index (χ4v) is 1.06. The van der Waals surface area contributed by atoms with Crippen molar-refractivity contribution in [3.05, 3.63) is 23.8 Å². The van der Waals surface area contributed by atoms with Gasteiger partial charge in [-0.2, -0.15) is 0 Å². The van der Waals surface area contributed by atoms with E-state index in [9.17, 15) is 4.79 Å². The standard InChI is InChI=1S/C9H11NO4/c10-6(4-9(13)14)5-1-2-7(11)8(12)3-5/h1-3,6,11-12H,4,10H2,(H,13,14)/t6-/m1/s1/i/hD2. The number of carboxylic acids is 1. The molecule has 0 heterocycles. The molecule has 1 aromatic rings. The van der Waals surface area contributed by atoms with E-state index in [0.29, 0.717) is 5.56 Å². The zero-order chi connectivity index (χ0) is 12.1. The lowest BCUT2D eigenvalue weighted by Crippen LogP contribution is -2.14. The second-order valence-electron chi connectivity index (χ2n) is 2.91. The molecule has 0 unspecified atom stereocenters. The van der Waals surface area contributed by atoms with Gasteiger partial charge in [-0.25, -0.2) is 0 Å². The third-order valence-corrected chi connectivity index (χ3v) is 1.79. The highest BCUT2D eigenvalue weighted by Gasteiger charge is 2.12. The minimum absolute atomic E-state index is 0.0216. The summed E-state index contributed by atoms with van der Waals surface area (Å²) in [6.45, 7) is 0. The molecule has 0 amide bonds. The lowest BCUT2D eigenvalue weighted by Gasteiger charge is -2.09. The topological polar surface area (TPSA) is 104 Å². The molecule has 0 fully saturated rings. The molecule has 0 saturated heterocycles. The van der Waals surface area contributed by atoms with Crippen molar-refractivity contribution in [1.82, 2.24) is 0 Å². The fraction of sp³-hybridized carbons (Fsp3) is 0.222. The first-order valence-electron chi connectivity index (χ1n) is 4.77. The van der Waals surface area contributed by atoms with Crippen molar-refractivity contribution in [2.24, 2.45) is 5.73 Å². The van der Waals surface area contributed by atoms with E-state index < -0.39 is 12.0 Å². The number of hydrogen-bond donors (Lipinski definition) is 4. The molecular weight excluding hydrogens is 186 g/mol. The molecule has 76 valence electrons. The van der Waals surface area contributed by atoms with Gasteiger partial charge in [0.25, 0.3) is 2.86 Å². The van der Waals surface area contributed by atoms with Gasteiger partial charge in [-0.3, -0.25) is 4.79 Å². The summed E-state index contributed by atoms with van der Waals surface area (Å²) in [6, 6.07) is 3.62. The molecule has 0 radical (unpaired) electrons. The van der Waals surface area contributed by atoms with Crippen LogP contribution in [0.4, 0.5) is 0 Å². The number of nitrogens with two attached hydrogens (primary N) is 1. The molecule has 0 bridgehead atoms. The summed E-state index contributed by atoms with van der Waals surface area (Å²) in [7, 11) is 0. The Hall–Kier alpha value is -1.75. The Balaban J connectivity index is 2.93. The number of phenolic OH excluding ortho intramolecular Hbond substituents is 2. The largest absolute Gasteiger partial charge is 0.504 e. The number of aliphatic carboxylic acids is 1. The number of rotatable bonds is 5. The number of aromatic hydroxyl groups is 2. The molecule has 14 heavy (non-hydrogen) atoms. The molecule has 1 rings (SSSR count). The van der Waals surface area contributed by atoms with Crippen molar-refractivity contribution in [3.63, 3.8) is 0 Å². The molecular formula is C9H11NO4. The molecule has 1 aromatic carbocycles. The van der Waals surface area contributed by atoms with Crippen molar-refractivity contribution in [1.29, 1.82) is 2.86 Å². The Morgan fingerprint density at radius 1 is 1.50 bits per heavy atom. The molecule has 0 saturated carbocycles. The average molecular weight is 199 g/mol. The van der Waals surface area contributed by atoms with Crippen LogP contribution in [0.1, 0.15) is 18.0 Å². The van der Waals surface area contributed by atoms with Crippen LogP contribution in [0.5, 0.6) is 11.5 Å². The highest BCUT2D eigenvalue weighted by atomic mass is 16.4. The molecule has 0 aliphatic rings. The van der Waals surface area contributed by atoms with E-state index in [2.05, 4.69) is 10.2 Å². The second kappa shape index (κ2) is 3.97. The molecule has 5 heteroatoms. The Kier molecular flexibility index (Phi) is 2.17. The molecule has 0 aromatic heterocycles. The first kappa shape index (κ1) is 7.64. The summed E-state index contributed by atoms with van der Waals surface area (Å²) in [4.78, 5) is 10.5. The second-order valence-corrected chi connectivity index (χ2v) is 2.91. The summed E-state index contributed by atoms with van der Waals surface area (Å²) in [5, 5.41) is 17.0. The van der Waals surface area contributed by atoms with Gasteiger partial charge in [0, 0.05) is 6.04 Å². The first-order chi connectivity index (χ1) is 7.58. The highest BCUT2D eigenvalue weighted by molar-refractivity contribution is 5.68. The van der Waals surface area contributed by atoms with E-state index in [1.54, 1.807) is 0 Å². The minimum Gasteiger partial charge on any atom is -0.504 e. The van der Waals surface area contributed by atoms with Crippen LogP contribution in [-0.2, 0) is 4.79 Å². The normalized spacial score (nSPS) is 13.8. The predicted octanol–water partition coefficient (Wildman–Crippen LogP) is 0.572. The Labute approximate surface area is 83.4 Å². The van der Waals surface area contributed by atoms with E-state index >= 15 is 0 Å². The van der Waals surface area contributed by atoms with Gasteiger partial charge < -0.3 is 21.1 Å². The van der Waals surface area contributed by atoms with E-state index in [0.717, 1.165) is 0 Å². The number of carboxylic acid groups (broad SMARTS) is 1. The van der Waals surface area contributed by atoms with Gasteiger partial charge in [0.1, 0.15) is 0 Å². The average Bonchev–Trinajstić information content (AvgIpc) is 2.27.